The van der Waals surface area contributed by atoms with Crippen molar-refractivity contribution >= 4 is 11.5 Å². The van der Waals surface area contributed by atoms with Crippen LogP contribution in [0.4, 0.5) is 13.2 Å². The number of aryl methyl sites for hydroxylation is 2. The minimum Gasteiger partial charge on any atom is -0.334 e. The second-order valence-electron chi connectivity index (χ2n) is 9.21. The first-order chi connectivity index (χ1) is 16.3. The largest absolute Gasteiger partial charge is 0.435 e. The van der Waals surface area contributed by atoms with Crippen molar-refractivity contribution in [3.8, 4) is 11.1 Å². The summed E-state index contributed by atoms with van der Waals surface area (Å²) in [5.74, 6) is -0.00624. The number of aromatic nitrogens is 5. The molecule has 6 rings (SSSR count). The Morgan fingerprint density at radius 3 is 2.65 bits per heavy atom. The molecule has 176 valence electrons. The minimum absolute atomic E-state index is 0.00624. The van der Waals surface area contributed by atoms with Gasteiger partial charge < -0.3 is 4.90 Å². The Labute approximate surface area is 193 Å². The van der Waals surface area contributed by atoms with Gasteiger partial charge in [-0.15, -0.1) is 0 Å². The van der Waals surface area contributed by atoms with E-state index in [9.17, 15) is 18.0 Å². The Kier molecular flexibility index (Phi) is 4.69. The van der Waals surface area contributed by atoms with Crippen LogP contribution >= 0.6 is 0 Å². The number of carbonyl (C=O) groups is 1. The lowest BCUT2D eigenvalue weighted by Gasteiger charge is -2.22. The molecule has 4 bridgehead atoms. The zero-order valence-electron chi connectivity index (χ0n) is 18.6. The van der Waals surface area contributed by atoms with Crippen LogP contribution in [0.5, 0.6) is 0 Å². The number of hydrogen-bond acceptors (Lipinski definition) is 4. The first kappa shape index (κ1) is 21.1. The van der Waals surface area contributed by atoms with Gasteiger partial charge in [-0.25, -0.2) is 0 Å². The highest BCUT2D eigenvalue weighted by Crippen LogP contribution is 2.41. The van der Waals surface area contributed by atoms with Crippen molar-refractivity contribution in [1.82, 2.24) is 29.4 Å². The SMILES string of the molecule is Cn1cc2c(n1)CN(C1CC1)C(=O)CCCn1cc(c(C(F)(F)F)n1)C1=CCc3ncc-2cc31. The summed E-state index contributed by atoms with van der Waals surface area (Å²) in [5, 5.41) is 8.50. The molecule has 2 aliphatic carbocycles. The monoisotopic (exact) mass is 468 g/mol. The molecule has 34 heavy (non-hydrogen) atoms. The third-order valence-corrected chi connectivity index (χ3v) is 6.70. The van der Waals surface area contributed by atoms with Gasteiger partial charge in [-0.3, -0.25) is 19.1 Å². The van der Waals surface area contributed by atoms with Gasteiger partial charge in [-0.05, 0) is 30.9 Å². The van der Waals surface area contributed by atoms with Gasteiger partial charge in [0.05, 0.1) is 17.9 Å². The Morgan fingerprint density at radius 1 is 1.06 bits per heavy atom. The quantitative estimate of drug-likeness (QED) is 0.542. The summed E-state index contributed by atoms with van der Waals surface area (Å²) >= 11 is 0. The molecular formula is C24H23F3N6O. The van der Waals surface area contributed by atoms with Crippen LogP contribution in [0, 0.1) is 0 Å². The molecule has 3 aliphatic rings. The second-order valence-corrected chi connectivity index (χ2v) is 9.21. The third-order valence-electron chi connectivity index (χ3n) is 6.70. The molecule has 0 aromatic carbocycles. The molecule has 10 heteroatoms. The molecule has 1 fully saturated rings. The lowest BCUT2D eigenvalue weighted by molar-refractivity contribution is -0.141. The van der Waals surface area contributed by atoms with Gasteiger partial charge in [0.25, 0.3) is 0 Å². The normalized spacial score (nSPS) is 18.4. The molecule has 1 amide bonds. The average molecular weight is 468 g/mol. The maximum Gasteiger partial charge on any atom is 0.435 e. The molecular weight excluding hydrogens is 445 g/mol. The van der Waals surface area contributed by atoms with Crippen molar-refractivity contribution in [3.05, 3.63) is 58.9 Å². The molecule has 0 unspecified atom stereocenters. The number of hydrogen-bond donors (Lipinski definition) is 0. The van der Waals surface area contributed by atoms with Crippen molar-refractivity contribution in [2.24, 2.45) is 7.05 Å². The molecule has 0 radical (unpaired) electrons. The summed E-state index contributed by atoms with van der Waals surface area (Å²) < 4.78 is 44.7. The highest BCUT2D eigenvalue weighted by molar-refractivity contribution is 5.87. The highest BCUT2D eigenvalue weighted by Gasteiger charge is 2.39. The van der Waals surface area contributed by atoms with Gasteiger partial charge in [0.15, 0.2) is 5.69 Å². The smallest absolute Gasteiger partial charge is 0.334 e. The Balaban J connectivity index is 1.52. The summed E-state index contributed by atoms with van der Waals surface area (Å²) in [4.78, 5) is 19.5. The zero-order chi connectivity index (χ0) is 23.6. The summed E-state index contributed by atoms with van der Waals surface area (Å²) in [6, 6.07) is 2.08. The van der Waals surface area contributed by atoms with Gasteiger partial charge in [0.2, 0.25) is 5.91 Å². The van der Waals surface area contributed by atoms with Crippen LogP contribution in [0.1, 0.15) is 53.9 Å². The second kappa shape index (κ2) is 7.54. The van der Waals surface area contributed by atoms with Gasteiger partial charge in [0, 0.05) is 73.3 Å². The van der Waals surface area contributed by atoms with E-state index < -0.39 is 11.9 Å². The average Bonchev–Trinajstić information content (AvgIpc) is 3.21. The fourth-order valence-corrected chi connectivity index (χ4v) is 4.94. The lowest BCUT2D eigenvalue weighted by Crippen LogP contribution is -2.33. The maximum absolute atomic E-state index is 13.9. The topological polar surface area (TPSA) is 68.8 Å². The molecule has 7 nitrogen and oxygen atoms in total. The molecule has 3 aromatic heterocycles. The van der Waals surface area contributed by atoms with E-state index in [1.807, 2.05) is 24.2 Å². The number of nitrogens with zero attached hydrogens (tertiary/aromatic N) is 6. The van der Waals surface area contributed by atoms with E-state index in [1.165, 1.54) is 10.9 Å². The van der Waals surface area contributed by atoms with E-state index in [-0.39, 0.29) is 30.5 Å². The van der Waals surface area contributed by atoms with E-state index in [4.69, 9.17) is 0 Å². The van der Waals surface area contributed by atoms with Crippen molar-refractivity contribution in [3.63, 3.8) is 0 Å². The molecule has 0 atom stereocenters. The predicted octanol–water partition coefficient (Wildman–Crippen LogP) is 3.97. The summed E-state index contributed by atoms with van der Waals surface area (Å²) in [6.07, 6.45) is 5.32. The summed E-state index contributed by atoms with van der Waals surface area (Å²) in [5.41, 5.74) is 3.45. The predicted molar refractivity (Wildman–Crippen MR) is 117 cm³/mol. The van der Waals surface area contributed by atoms with Crippen LogP contribution in [0.3, 0.4) is 0 Å². The van der Waals surface area contributed by atoms with E-state index in [0.717, 1.165) is 35.4 Å². The van der Waals surface area contributed by atoms with Crippen LogP contribution in [0.15, 0.2) is 30.7 Å². The Morgan fingerprint density at radius 2 is 1.88 bits per heavy atom. The Bertz CT molecular complexity index is 1330. The van der Waals surface area contributed by atoms with Crippen molar-refractivity contribution in [2.75, 3.05) is 0 Å². The number of pyridine rings is 1. The summed E-state index contributed by atoms with van der Waals surface area (Å²) in [6.45, 7) is 0.642. The first-order valence-corrected chi connectivity index (χ1v) is 11.4. The molecule has 1 aliphatic heterocycles. The standard InChI is InChI=1S/C24H23F3N6O/c1-31-11-18-14-9-17-16(6-7-20(17)28-10-14)19-12-32(30-23(19)24(25,26)27)8-2-3-22(34)33(15-4-5-15)13-21(18)29-31/h6,9-12,15H,2-5,7-8,13H2,1H3. The Hall–Kier alpha value is -3.43. The molecule has 0 saturated heterocycles. The van der Waals surface area contributed by atoms with Gasteiger partial charge in [-0.2, -0.15) is 23.4 Å². The van der Waals surface area contributed by atoms with Crippen molar-refractivity contribution in [2.45, 2.75) is 57.4 Å². The van der Waals surface area contributed by atoms with Crippen LogP contribution in [0.25, 0.3) is 16.7 Å². The van der Waals surface area contributed by atoms with Crippen molar-refractivity contribution < 1.29 is 18.0 Å². The van der Waals surface area contributed by atoms with E-state index in [2.05, 4.69) is 15.2 Å². The number of allylic oxidation sites excluding steroid dienone is 1. The summed E-state index contributed by atoms with van der Waals surface area (Å²) in [7, 11) is 1.82. The van der Waals surface area contributed by atoms with Gasteiger partial charge in [-0.1, -0.05) is 6.08 Å². The fraction of sp³-hybridized carbons (Fsp3) is 0.417. The van der Waals surface area contributed by atoms with E-state index in [1.54, 1.807) is 17.0 Å². The number of amides is 1. The van der Waals surface area contributed by atoms with Crippen LogP contribution in [-0.4, -0.2) is 41.4 Å². The molecule has 4 heterocycles. The number of rotatable bonds is 1. The number of carbonyl (C=O) groups excluding carboxylic acids is 1. The lowest BCUT2D eigenvalue weighted by atomic mass is 9.98. The molecule has 3 aromatic rings. The van der Waals surface area contributed by atoms with Gasteiger partial charge in [0.1, 0.15) is 0 Å². The fourth-order valence-electron chi connectivity index (χ4n) is 4.94. The first-order valence-electron chi connectivity index (χ1n) is 11.4. The third kappa shape index (κ3) is 3.61. The zero-order valence-corrected chi connectivity index (χ0v) is 18.6. The number of halogens is 3. The van der Waals surface area contributed by atoms with Crippen molar-refractivity contribution in [1.29, 1.82) is 0 Å². The molecule has 0 spiro atoms. The molecule has 1 saturated carbocycles. The van der Waals surface area contributed by atoms with Crippen LogP contribution in [-0.2, 0) is 37.5 Å². The number of alkyl halides is 3. The minimum atomic E-state index is -4.59. The van der Waals surface area contributed by atoms with E-state index >= 15 is 0 Å². The van der Waals surface area contributed by atoms with Crippen LogP contribution < -0.4 is 0 Å². The van der Waals surface area contributed by atoms with E-state index in [0.29, 0.717) is 30.5 Å². The molecule has 0 N–H and O–H groups in total. The van der Waals surface area contributed by atoms with Gasteiger partial charge >= 0.3 is 6.18 Å². The van der Waals surface area contributed by atoms with Crippen LogP contribution in [0.2, 0.25) is 0 Å². The highest BCUT2D eigenvalue weighted by atomic mass is 19.4. The number of fused-ring (bicyclic) bond motifs is 6. The maximum atomic E-state index is 13.9.